The lowest BCUT2D eigenvalue weighted by Crippen LogP contribution is -2.52. The van der Waals surface area contributed by atoms with Crippen LogP contribution in [0.15, 0.2) is 72.8 Å². The molecule has 0 saturated carbocycles. The predicted octanol–water partition coefficient (Wildman–Crippen LogP) is 6.14. The van der Waals surface area contributed by atoms with Gasteiger partial charge in [0.1, 0.15) is 11.8 Å². The van der Waals surface area contributed by atoms with Gasteiger partial charge in [-0.1, -0.05) is 59.6 Å². The van der Waals surface area contributed by atoms with Crippen LogP contribution in [0.4, 0.5) is 0 Å². The summed E-state index contributed by atoms with van der Waals surface area (Å²) in [5.41, 5.74) is 1.63. The van der Waals surface area contributed by atoms with Gasteiger partial charge in [-0.05, 0) is 84.0 Å². The summed E-state index contributed by atoms with van der Waals surface area (Å²) in [7, 11) is 0. The van der Waals surface area contributed by atoms with E-state index in [0.717, 1.165) is 9.13 Å². The van der Waals surface area contributed by atoms with Gasteiger partial charge in [-0.15, -0.1) is 0 Å². The molecule has 184 valence electrons. The van der Waals surface area contributed by atoms with E-state index in [-0.39, 0.29) is 31.0 Å². The summed E-state index contributed by atoms with van der Waals surface area (Å²) in [6.07, 6.45) is 0.347. The molecule has 3 aromatic rings. The van der Waals surface area contributed by atoms with Crippen LogP contribution in [0.5, 0.6) is 5.75 Å². The largest absolute Gasteiger partial charge is 0.484 e. The first kappa shape index (κ1) is 27.3. The smallest absolute Gasteiger partial charge is 0.261 e. The number of halogens is 3. The lowest BCUT2D eigenvalue weighted by Gasteiger charge is -2.32. The summed E-state index contributed by atoms with van der Waals surface area (Å²) in [6.45, 7) is 3.69. The molecule has 0 saturated heterocycles. The molecule has 1 N–H and O–H groups in total. The topological polar surface area (TPSA) is 58.6 Å². The van der Waals surface area contributed by atoms with Gasteiger partial charge in [0.05, 0.1) is 0 Å². The quantitative estimate of drug-likeness (QED) is 0.276. The van der Waals surface area contributed by atoms with E-state index >= 15 is 0 Å². The van der Waals surface area contributed by atoms with Crippen molar-refractivity contribution in [2.75, 3.05) is 6.61 Å². The maximum absolute atomic E-state index is 13.5. The van der Waals surface area contributed by atoms with Crippen LogP contribution >= 0.6 is 45.8 Å². The van der Waals surface area contributed by atoms with Crippen molar-refractivity contribution in [1.29, 1.82) is 0 Å². The van der Waals surface area contributed by atoms with Gasteiger partial charge in [0.25, 0.3) is 5.91 Å². The zero-order valence-corrected chi connectivity index (χ0v) is 23.2. The number of hydrogen-bond donors (Lipinski definition) is 1. The summed E-state index contributed by atoms with van der Waals surface area (Å²) in [6, 6.07) is 21.3. The lowest BCUT2D eigenvalue weighted by molar-refractivity contribution is -0.143. The first-order valence-corrected chi connectivity index (χ1v) is 13.0. The van der Waals surface area contributed by atoms with Crippen molar-refractivity contribution in [2.24, 2.45) is 0 Å². The fourth-order valence-corrected chi connectivity index (χ4v) is 4.35. The van der Waals surface area contributed by atoms with Crippen molar-refractivity contribution >= 4 is 57.6 Å². The average molecular weight is 625 g/mol. The SMILES string of the molecule is CC(C)NC(=O)C(Cc1ccccc1)N(Cc1ccc(Cl)cc1Cl)C(=O)COc1ccc(I)cc1. The Morgan fingerprint density at radius 2 is 1.69 bits per heavy atom. The minimum absolute atomic E-state index is 0.0834. The highest BCUT2D eigenvalue weighted by Crippen LogP contribution is 2.24. The Balaban J connectivity index is 1.93. The number of benzene rings is 3. The maximum atomic E-state index is 13.5. The van der Waals surface area contributed by atoms with E-state index in [9.17, 15) is 9.59 Å². The second-order valence-electron chi connectivity index (χ2n) is 8.37. The van der Waals surface area contributed by atoms with Crippen molar-refractivity contribution in [1.82, 2.24) is 10.2 Å². The Hall–Kier alpha value is -2.29. The molecule has 0 heterocycles. The number of rotatable bonds is 10. The van der Waals surface area contributed by atoms with Crippen molar-refractivity contribution in [2.45, 2.75) is 38.9 Å². The Morgan fingerprint density at radius 3 is 2.31 bits per heavy atom. The van der Waals surface area contributed by atoms with E-state index in [2.05, 4.69) is 27.9 Å². The number of nitrogens with one attached hydrogen (secondary N) is 1. The molecule has 0 bridgehead atoms. The molecule has 5 nitrogen and oxygen atoms in total. The van der Waals surface area contributed by atoms with Gasteiger partial charge in [0.2, 0.25) is 5.91 Å². The van der Waals surface area contributed by atoms with Crippen molar-refractivity contribution in [3.8, 4) is 5.75 Å². The Bertz CT molecular complexity index is 1140. The van der Waals surface area contributed by atoms with E-state index in [1.54, 1.807) is 18.2 Å². The average Bonchev–Trinajstić information content (AvgIpc) is 2.82. The van der Waals surface area contributed by atoms with Crippen LogP contribution in [0.1, 0.15) is 25.0 Å². The van der Waals surface area contributed by atoms with Crippen LogP contribution in [-0.4, -0.2) is 35.4 Å². The third-order valence-corrected chi connectivity index (χ3v) is 6.54. The van der Waals surface area contributed by atoms with Crippen molar-refractivity contribution in [3.05, 3.63) is 97.5 Å². The summed E-state index contributed by atoms with van der Waals surface area (Å²) in [4.78, 5) is 28.4. The molecule has 1 unspecified atom stereocenters. The monoisotopic (exact) mass is 624 g/mol. The third-order valence-electron chi connectivity index (χ3n) is 5.23. The standard InChI is InChI=1S/C27H27Cl2IN2O3/c1-18(2)31-27(34)25(14-19-6-4-3-5-7-19)32(16-20-8-9-21(28)15-24(20)29)26(33)17-35-23-12-10-22(30)11-13-23/h3-13,15,18,25H,14,16-17H2,1-2H3,(H,31,34). The molecule has 0 radical (unpaired) electrons. The van der Waals surface area contributed by atoms with Crippen LogP contribution in [0.3, 0.4) is 0 Å². The highest BCUT2D eigenvalue weighted by atomic mass is 127. The molecule has 0 aliphatic heterocycles. The van der Waals surface area contributed by atoms with Crippen LogP contribution in [0.25, 0.3) is 0 Å². The van der Waals surface area contributed by atoms with E-state index < -0.39 is 6.04 Å². The van der Waals surface area contributed by atoms with Crippen molar-refractivity contribution in [3.63, 3.8) is 0 Å². The first-order valence-electron chi connectivity index (χ1n) is 11.2. The number of ether oxygens (including phenoxy) is 1. The third kappa shape index (κ3) is 8.40. The number of carbonyl (C=O) groups is 2. The van der Waals surface area contributed by atoms with Gasteiger partial charge in [-0.3, -0.25) is 9.59 Å². The molecule has 2 amide bonds. The summed E-state index contributed by atoms with van der Waals surface area (Å²) in [5, 5.41) is 3.88. The molecule has 8 heteroatoms. The summed E-state index contributed by atoms with van der Waals surface area (Å²) < 4.78 is 6.84. The minimum Gasteiger partial charge on any atom is -0.484 e. The number of nitrogens with zero attached hydrogens (tertiary/aromatic N) is 1. The fourth-order valence-electron chi connectivity index (χ4n) is 3.53. The second kappa shape index (κ2) is 13.1. The number of carbonyl (C=O) groups excluding carboxylic acids is 2. The van der Waals surface area contributed by atoms with Crippen LogP contribution in [0, 0.1) is 3.57 Å². The Kier molecular flexibility index (Phi) is 10.2. The van der Waals surface area contributed by atoms with Gasteiger partial charge >= 0.3 is 0 Å². The van der Waals surface area contributed by atoms with E-state index in [1.165, 1.54) is 4.90 Å². The summed E-state index contributed by atoms with van der Waals surface area (Å²) in [5.74, 6) is 0.0143. The molecule has 0 aliphatic rings. The molecule has 0 aliphatic carbocycles. The molecule has 3 aromatic carbocycles. The molecule has 35 heavy (non-hydrogen) atoms. The van der Waals surface area contributed by atoms with E-state index in [1.807, 2.05) is 68.4 Å². The van der Waals surface area contributed by atoms with E-state index in [4.69, 9.17) is 27.9 Å². The zero-order chi connectivity index (χ0) is 25.4. The first-order chi connectivity index (χ1) is 16.7. The minimum atomic E-state index is -0.764. The van der Waals surface area contributed by atoms with Crippen LogP contribution in [0.2, 0.25) is 10.0 Å². The molecular formula is C27H27Cl2IN2O3. The highest BCUT2D eigenvalue weighted by Gasteiger charge is 2.31. The van der Waals surface area contributed by atoms with Crippen LogP contribution in [-0.2, 0) is 22.6 Å². The molecule has 3 rings (SSSR count). The molecule has 0 aromatic heterocycles. The van der Waals surface area contributed by atoms with E-state index in [0.29, 0.717) is 27.8 Å². The zero-order valence-electron chi connectivity index (χ0n) is 19.5. The van der Waals surface area contributed by atoms with Crippen LogP contribution < -0.4 is 10.1 Å². The van der Waals surface area contributed by atoms with Gasteiger partial charge in [0.15, 0.2) is 6.61 Å². The molecule has 1 atom stereocenters. The number of amides is 2. The highest BCUT2D eigenvalue weighted by molar-refractivity contribution is 14.1. The van der Waals surface area contributed by atoms with Gasteiger partial charge in [0, 0.05) is 32.6 Å². The van der Waals surface area contributed by atoms with Gasteiger partial charge in [-0.25, -0.2) is 0 Å². The Morgan fingerprint density at radius 1 is 1.00 bits per heavy atom. The molecule has 0 spiro atoms. The fraction of sp³-hybridized carbons (Fsp3) is 0.259. The normalized spacial score (nSPS) is 11.7. The second-order valence-corrected chi connectivity index (χ2v) is 10.5. The molecular weight excluding hydrogens is 598 g/mol. The van der Waals surface area contributed by atoms with Gasteiger partial charge < -0.3 is 15.0 Å². The molecule has 0 fully saturated rings. The lowest BCUT2D eigenvalue weighted by atomic mass is 10.0. The van der Waals surface area contributed by atoms with Gasteiger partial charge in [-0.2, -0.15) is 0 Å². The predicted molar refractivity (Wildman–Crippen MR) is 149 cm³/mol. The Labute approximate surface area is 229 Å². The van der Waals surface area contributed by atoms with Crippen molar-refractivity contribution < 1.29 is 14.3 Å². The number of hydrogen-bond acceptors (Lipinski definition) is 3. The summed E-state index contributed by atoms with van der Waals surface area (Å²) >= 11 is 14.7. The maximum Gasteiger partial charge on any atom is 0.261 e.